The van der Waals surface area contributed by atoms with Crippen LogP contribution in [0.5, 0.6) is 0 Å². The summed E-state index contributed by atoms with van der Waals surface area (Å²) in [5.41, 5.74) is -0.468. The van der Waals surface area contributed by atoms with E-state index in [9.17, 15) is 4.79 Å². The molecule has 0 unspecified atom stereocenters. The Bertz CT molecular complexity index is 280. The molecule has 1 amide bonds. The lowest BCUT2D eigenvalue weighted by Gasteiger charge is -2.31. The van der Waals surface area contributed by atoms with Crippen LogP contribution in [0.25, 0.3) is 0 Å². The molecule has 0 aliphatic carbocycles. The van der Waals surface area contributed by atoms with E-state index in [4.69, 9.17) is 10.00 Å². The lowest BCUT2D eigenvalue weighted by Crippen LogP contribution is -2.44. The van der Waals surface area contributed by atoms with Crippen LogP contribution in [0.3, 0.4) is 0 Å². The minimum Gasteiger partial charge on any atom is -0.444 e. The maximum atomic E-state index is 11.7. The van der Waals surface area contributed by atoms with Crippen molar-refractivity contribution >= 4 is 17.9 Å². The molecule has 0 spiro atoms. The normalized spacial score (nSPS) is 22.0. The van der Waals surface area contributed by atoms with Crippen molar-refractivity contribution < 1.29 is 9.53 Å². The predicted octanol–water partition coefficient (Wildman–Crippen LogP) is 1.86. The fourth-order valence-electron chi connectivity index (χ4n) is 1.22. The largest absolute Gasteiger partial charge is 0.444 e. The molecule has 0 N–H and O–H groups in total. The van der Waals surface area contributed by atoms with Crippen molar-refractivity contribution in [3.63, 3.8) is 0 Å². The molecule has 0 radical (unpaired) electrons. The van der Waals surface area contributed by atoms with Crippen LogP contribution < -0.4 is 0 Å². The van der Waals surface area contributed by atoms with Crippen molar-refractivity contribution in [1.29, 1.82) is 5.26 Å². The van der Waals surface area contributed by atoms with Crippen LogP contribution in [0.15, 0.2) is 0 Å². The van der Waals surface area contributed by atoms with E-state index in [1.807, 2.05) is 20.8 Å². The Kier molecular flexibility index (Phi) is 3.86. The molecule has 0 saturated carbocycles. The van der Waals surface area contributed by atoms with Crippen molar-refractivity contribution in [2.24, 2.45) is 0 Å². The molecular weight excluding hydrogens is 212 g/mol. The van der Waals surface area contributed by atoms with Gasteiger partial charge in [-0.1, -0.05) is 0 Å². The second kappa shape index (κ2) is 4.75. The highest BCUT2D eigenvalue weighted by molar-refractivity contribution is 8.00. The number of nitriles is 1. The van der Waals surface area contributed by atoms with E-state index in [2.05, 4.69) is 6.07 Å². The Labute approximate surface area is 94.6 Å². The minimum atomic E-state index is -0.468. The summed E-state index contributed by atoms with van der Waals surface area (Å²) in [4.78, 5) is 13.3. The molecule has 1 aliphatic rings. The van der Waals surface area contributed by atoms with E-state index in [0.29, 0.717) is 13.1 Å². The molecule has 1 rings (SSSR count). The zero-order valence-electron chi connectivity index (χ0n) is 9.32. The Morgan fingerprint density at radius 1 is 1.60 bits per heavy atom. The van der Waals surface area contributed by atoms with Crippen LogP contribution in [0, 0.1) is 11.3 Å². The molecule has 4 nitrogen and oxygen atoms in total. The zero-order chi connectivity index (χ0) is 11.5. The molecule has 1 heterocycles. The van der Waals surface area contributed by atoms with E-state index in [1.165, 1.54) is 0 Å². The Morgan fingerprint density at radius 2 is 2.27 bits per heavy atom. The van der Waals surface area contributed by atoms with Crippen LogP contribution in [0.4, 0.5) is 4.79 Å². The minimum absolute atomic E-state index is 0.119. The topological polar surface area (TPSA) is 53.3 Å². The summed E-state index contributed by atoms with van der Waals surface area (Å²) >= 11 is 1.59. The first-order valence-corrected chi connectivity index (χ1v) is 5.96. The van der Waals surface area contributed by atoms with Gasteiger partial charge in [0.25, 0.3) is 0 Å². The highest BCUT2D eigenvalue weighted by Gasteiger charge is 2.27. The third kappa shape index (κ3) is 4.00. The number of carbonyl (C=O) groups excluding carboxylic acids is 1. The van der Waals surface area contributed by atoms with Gasteiger partial charge >= 0.3 is 6.09 Å². The maximum absolute atomic E-state index is 11.7. The Morgan fingerprint density at radius 3 is 2.80 bits per heavy atom. The van der Waals surface area contributed by atoms with Crippen LogP contribution in [-0.2, 0) is 4.74 Å². The van der Waals surface area contributed by atoms with Gasteiger partial charge in [0.05, 0.1) is 6.07 Å². The van der Waals surface area contributed by atoms with Crippen LogP contribution >= 0.6 is 11.8 Å². The van der Waals surface area contributed by atoms with Crippen LogP contribution in [0.2, 0.25) is 0 Å². The van der Waals surface area contributed by atoms with Gasteiger partial charge in [0.15, 0.2) is 0 Å². The van der Waals surface area contributed by atoms with Gasteiger partial charge in [-0.2, -0.15) is 5.26 Å². The second-order valence-electron chi connectivity index (χ2n) is 4.41. The summed E-state index contributed by atoms with van der Waals surface area (Å²) in [6.45, 7) is 6.65. The average Bonchev–Trinajstić information content (AvgIpc) is 2.15. The molecule has 1 fully saturated rings. The summed E-state index contributed by atoms with van der Waals surface area (Å²) in [5.74, 6) is 0.803. The number of rotatable bonds is 0. The molecule has 0 aromatic rings. The van der Waals surface area contributed by atoms with Crippen molar-refractivity contribution in [2.75, 3.05) is 18.8 Å². The van der Waals surface area contributed by atoms with E-state index in [0.717, 1.165) is 5.75 Å². The van der Waals surface area contributed by atoms with Gasteiger partial charge in [0.2, 0.25) is 0 Å². The lowest BCUT2D eigenvalue weighted by atomic mass is 10.2. The molecule has 1 aliphatic heterocycles. The number of hydrogen-bond donors (Lipinski definition) is 0. The summed E-state index contributed by atoms with van der Waals surface area (Å²) < 4.78 is 5.24. The molecule has 15 heavy (non-hydrogen) atoms. The van der Waals surface area contributed by atoms with E-state index < -0.39 is 5.60 Å². The standard InChI is InChI=1S/C10H16N2O2S/c1-10(2,3)14-9(13)12-4-5-15-8(6-11)7-12/h8H,4-5,7H2,1-3H3/t8-/m1/s1. The summed E-state index contributed by atoms with van der Waals surface area (Å²) in [5, 5.41) is 8.65. The number of thioether (sulfide) groups is 1. The summed E-state index contributed by atoms with van der Waals surface area (Å²) in [7, 11) is 0. The number of ether oxygens (including phenoxy) is 1. The maximum Gasteiger partial charge on any atom is 0.410 e. The van der Waals surface area contributed by atoms with Crippen LogP contribution in [0.1, 0.15) is 20.8 Å². The van der Waals surface area contributed by atoms with Crippen molar-refractivity contribution in [3.05, 3.63) is 0 Å². The van der Waals surface area contributed by atoms with Crippen molar-refractivity contribution in [3.8, 4) is 6.07 Å². The smallest absolute Gasteiger partial charge is 0.410 e. The van der Waals surface area contributed by atoms with Gasteiger partial charge < -0.3 is 9.64 Å². The van der Waals surface area contributed by atoms with Gasteiger partial charge in [0.1, 0.15) is 10.9 Å². The van der Waals surface area contributed by atoms with Gasteiger partial charge in [-0.15, -0.1) is 11.8 Å². The predicted molar refractivity (Wildman–Crippen MR) is 59.7 cm³/mol. The first-order valence-electron chi connectivity index (χ1n) is 4.91. The number of hydrogen-bond acceptors (Lipinski definition) is 4. The molecule has 0 bridgehead atoms. The van der Waals surface area contributed by atoms with Gasteiger partial charge in [0, 0.05) is 18.8 Å². The SMILES string of the molecule is CC(C)(C)OC(=O)N1CCS[C@H](C#N)C1. The Hall–Kier alpha value is -0.890. The third-order valence-corrected chi connectivity index (χ3v) is 2.94. The van der Waals surface area contributed by atoms with E-state index in [1.54, 1.807) is 16.7 Å². The second-order valence-corrected chi connectivity index (χ2v) is 5.73. The molecule has 0 aromatic heterocycles. The van der Waals surface area contributed by atoms with Crippen molar-refractivity contribution in [2.45, 2.75) is 31.6 Å². The van der Waals surface area contributed by atoms with Crippen molar-refractivity contribution in [1.82, 2.24) is 4.90 Å². The molecular formula is C10H16N2O2S. The summed E-state index contributed by atoms with van der Waals surface area (Å²) in [6, 6.07) is 2.17. The molecule has 5 heteroatoms. The fourth-order valence-corrected chi connectivity index (χ4v) is 2.19. The number of amides is 1. The summed E-state index contributed by atoms with van der Waals surface area (Å²) in [6.07, 6.45) is -0.317. The zero-order valence-corrected chi connectivity index (χ0v) is 10.1. The molecule has 0 aromatic carbocycles. The lowest BCUT2D eigenvalue weighted by molar-refractivity contribution is 0.0263. The molecule has 1 saturated heterocycles. The monoisotopic (exact) mass is 228 g/mol. The van der Waals surface area contributed by atoms with Gasteiger partial charge in [-0.3, -0.25) is 0 Å². The third-order valence-electron chi connectivity index (χ3n) is 1.86. The first kappa shape index (κ1) is 12.2. The quantitative estimate of drug-likeness (QED) is 0.635. The average molecular weight is 228 g/mol. The van der Waals surface area contributed by atoms with E-state index in [-0.39, 0.29) is 11.3 Å². The fraction of sp³-hybridized carbons (Fsp3) is 0.800. The molecule has 84 valence electrons. The van der Waals surface area contributed by atoms with E-state index >= 15 is 0 Å². The Balaban J connectivity index is 2.50. The van der Waals surface area contributed by atoms with Crippen LogP contribution in [-0.4, -0.2) is 40.7 Å². The highest BCUT2D eigenvalue weighted by Crippen LogP contribution is 2.19. The number of carbonyl (C=O) groups is 1. The molecule has 1 atom stereocenters. The first-order chi connectivity index (χ1) is 6.92. The highest BCUT2D eigenvalue weighted by atomic mass is 32.2. The van der Waals surface area contributed by atoms with Gasteiger partial charge in [-0.25, -0.2) is 4.79 Å². The number of nitrogens with zero attached hydrogens (tertiary/aromatic N) is 2. The van der Waals surface area contributed by atoms with Gasteiger partial charge in [-0.05, 0) is 20.8 Å².